The molecule has 0 spiro atoms. The first-order valence-electron chi connectivity index (χ1n) is 9.06. The van der Waals surface area contributed by atoms with E-state index in [1.807, 2.05) is 74.5 Å². The number of carbonyl (C=O) groups is 2. The summed E-state index contributed by atoms with van der Waals surface area (Å²) in [7, 11) is 1.38. The van der Waals surface area contributed by atoms with Crippen molar-refractivity contribution in [3.63, 3.8) is 0 Å². The van der Waals surface area contributed by atoms with E-state index in [-0.39, 0.29) is 23.5 Å². The van der Waals surface area contributed by atoms with Crippen LogP contribution in [0, 0.1) is 11.3 Å². The zero-order valence-corrected chi connectivity index (χ0v) is 17.9. The number of hydrogen-bond donors (Lipinski definition) is 0. The second-order valence-electron chi connectivity index (χ2n) is 9.36. The Hall–Kier alpha value is -1.56. The molecular formula is C20H35NO5. The summed E-state index contributed by atoms with van der Waals surface area (Å²) in [4.78, 5) is 26.5. The van der Waals surface area contributed by atoms with Crippen LogP contribution in [0.1, 0.15) is 62.3 Å². The molecule has 6 heteroatoms. The SMILES string of the molecule is COC(=O)[C@@H](/C=C/[C@@H]1[C@@H](C)OC(C)(C)N1C(=O)OC(C)(C)C)C(C)(C)C. The summed E-state index contributed by atoms with van der Waals surface area (Å²) < 4.78 is 16.5. The number of nitrogens with zero attached hydrogens (tertiary/aromatic N) is 1. The second-order valence-corrected chi connectivity index (χ2v) is 9.36. The Kier molecular flexibility index (Phi) is 6.56. The highest BCUT2D eigenvalue weighted by Gasteiger charge is 2.48. The van der Waals surface area contributed by atoms with Crippen molar-refractivity contribution in [2.24, 2.45) is 11.3 Å². The molecule has 1 fully saturated rings. The molecule has 1 heterocycles. The van der Waals surface area contributed by atoms with Gasteiger partial charge in [-0.1, -0.05) is 32.9 Å². The lowest BCUT2D eigenvalue weighted by molar-refractivity contribution is -0.146. The third kappa shape index (κ3) is 5.47. The minimum Gasteiger partial charge on any atom is -0.469 e. The van der Waals surface area contributed by atoms with Gasteiger partial charge < -0.3 is 14.2 Å². The van der Waals surface area contributed by atoms with Gasteiger partial charge in [-0.25, -0.2) is 4.79 Å². The molecular weight excluding hydrogens is 334 g/mol. The van der Waals surface area contributed by atoms with Crippen LogP contribution in [0.4, 0.5) is 4.79 Å². The van der Waals surface area contributed by atoms with Crippen molar-refractivity contribution in [1.29, 1.82) is 0 Å². The lowest BCUT2D eigenvalue weighted by Gasteiger charge is -2.34. The van der Waals surface area contributed by atoms with E-state index in [1.54, 1.807) is 4.90 Å². The number of ether oxygens (including phenoxy) is 3. The summed E-state index contributed by atoms with van der Waals surface area (Å²) in [6.45, 7) is 17.0. The highest BCUT2D eigenvalue weighted by molar-refractivity contribution is 5.75. The van der Waals surface area contributed by atoms with E-state index >= 15 is 0 Å². The van der Waals surface area contributed by atoms with Crippen molar-refractivity contribution in [2.45, 2.75) is 85.8 Å². The lowest BCUT2D eigenvalue weighted by Crippen LogP contribution is -2.49. The fourth-order valence-corrected chi connectivity index (χ4v) is 3.12. The molecule has 0 aromatic heterocycles. The molecule has 1 aliphatic rings. The number of esters is 1. The number of rotatable bonds is 3. The van der Waals surface area contributed by atoms with Crippen LogP contribution in [0.2, 0.25) is 0 Å². The van der Waals surface area contributed by atoms with Crippen molar-refractivity contribution in [3.8, 4) is 0 Å². The molecule has 6 nitrogen and oxygen atoms in total. The van der Waals surface area contributed by atoms with Crippen LogP contribution in [0.25, 0.3) is 0 Å². The predicted octanol–water partition coefficient (Wildman–Crippen LogP) is 4.14. The van der Waals surface area contributed by atoms with Gasteiger partial charge in [0.15, 0.2) is 0 Å². The van der Waals surface area contributed by atoms with Crippen molar-refractivity contribution in [1.82, 2.24) is 4.90 Å². The first-order valence-corrected chi connectivity index (χ1v) is 9.06. The van der Waals surface area contributed by atoms with Crippen molar-refractivity contribution >= 4 is 12.1 Å². The van der Waals surface area contributed by atoms with Gasteiger partial charge in [-0.15, -0.1) is 0 Å². The Morgan fingerprint density at radius 3 is 2.12 bits per heavy atom. The normalized spacial score (nSPS) is 24.6. The summed E-state index contributed by atoms with van der Waals surface area (Å²) in [5.41, 5.74) is -1.72. The quantitative estimate of drug-likeness (QED) is 0.552. The van der Waals surface area contributed by atoms with Gasteiger partial charge in [0.05, 0.1) is 25.2 Å². The molecule has 0 saturated carbocycles. The van der Waals surface area contributed by atoms with Crippen LogP contribution in [0.5, 0.6) is 0 Å². The van der Waals surface area contributed by atoms with Gasteiger partial charge in [0.2, 0.25) is 0 Å². The summed E-state index contributed by atoms with van der Waals surface area (Å²) in [5, 5.41) is 0. The minimum absolute atomic E-state index is 0.230. The first kappa shape index (κ1) is 22.5. The van der Waals surface area contributed by atoms with E-state index in [2.05, 4.69) is 0 Å². The lowest BCUT2D eigenvalue weighted by atomic mass is 9.80. The van der Waals surface area contributed by atoms with Crippen molar-refractivity contribution in [3.05, 3.63) is 12.2 Å². The molecule has 0 N–H and O–H groups in total. The Morgan fingerprint density at radius 1 is 1.15 bits per heavy atom. The molecule has 0 radical (unpaired) electrons. The standard InChI is InChI=1S/C20H35NO5/c1-13-15(12-11-14(16(22)24-10)18(2,3)4)21(20(8,9)25-13)17(23)26-19(5,6)7/h11-15H,1-10H3/b12-11+/t13-,14-,15-/m1/s1. The molecule has 0 aromatic rings. The van der Waals surface area contributed by atoms with Gasteiger partial charge in [-0.05, 0) is 47.0 Å². The fourth-order valence-electron chi connectivity index (χ4n) is 3.12. The van der Waals surface area contributed by atoms with E-state index in [4.69, 9.17) is 14.2 Å². The number of amides is 1. The average Bonchev–Trinajstić information content (AvgIpc) is 2.64. The predicted molar refractivity (Wildman–Crippen MR) is 101 cm³/mol. The smallest absolute Gasteiger partial charge is 0.413 e. The monoisotopic (exact) mass is 369 g/mol. The van der Waals surface area contributed by atoms with E-state index in [0.29, 0.717) is 0 Å². The largest absolute Gasteiger partial charge is 0.469 e. The maximum absolute atomic E-state index is 12.8. The maximum Gasteiger partial charge on any atom is 0.413 e. The van der Waals surface area contributed by atoms with Crippen molar-refractivity contribution in [2.75, 3.05) is 7.11 Å². The maximum atomic E-state index is 12.8. The van der Waals surface area contributed by atoms with E-state index < -0.39 is 23.3 Å². The highest BCUT2D eigenvalue weighted by atomic mass is 16.6. The molecule has 1 amide bonds. The van der Waals surface area contributed by atoms with E-state index in [0.717, 1.165) is 0 Å². The molecule has 150 valence electrons. The summed E-state index contributed by atoms with van der Waals surface area (Å²) in [6, 6.07) is -0.339. The molecule has 1 aliphatic heterocycles. The molecule has 26 heavy (non-hydrogen) atoms. The van der Waals surface area contributed by atoms with Crippen LogP contribution in [-0.4, -0.2) is 47.5 Å². The topological polar surface area (TPSA) is 65.1 Å². The van der Waals surface area contributed by atoms with Gasteiger partial charge in [-0.2, -0.15) is 0 Å². The summed E-state index contributed by atoms with van der Waals surface area (Å²) in [6.07, 6.45) is 3.00. The van der Waals surface area contributed by atoms with E-state index in [9.17, 15) is 9.59 Å². The Morgan fingerprint density at radius 2 is 1.69 bits per heavy atom. The van der Waals surface area contributed by atoms with Gasteiger partial charge in [0.1, 0.15) is 11.3 Å². The minimum atomic E-state index is -0.806. The Balaban J connectivity index is 3.17. The fraction of sp³-hybridized carbons (Fsp3) is 0.800. The number of methoxy groups -OCH3 is 1. The van der Waals surface area contributed by atoms with Crippen LogP contribution in [0.15, 0.2) is 12.2 Å². The third-order valence-electron chi connectivity index (χ3n) is 4.31. The van der Waals surface area contributed by atoms with Crippen LogP contribution >= 0.6 is 0 Å². The van der Waals surface area contributed by atoms with Crippen LogP contribution in [0.3, 0.4) is 0 Å². The molecule has 3 atom stereocenters. The summed E-state index contributed by atoms with van der Waals surface area (Å²) >= 11 is 0. The Bertz CT molecular complexity index is 554. The molecule has 0 aliphatic carbocycles. The van der Waals surface area contributed by atoms with Gasteiger partial charge in [0, 0.05) is 0 Å². The summed E-state index contributed by atoms with van der Waals surface area (Å²) in [5.74, 6) is -0.729. The third-order valence-corrected chi connectivity index (χ3v) is 4.31. The highest BCUT2D eigenvalue weighted by Crippen LogP contribution is 2.35. The molecule has 0 bridgehead atoms. The average molecular weight is 370 g/mol. The molecule has 1 rings (SSSR count). The second kappa shape index (κ2) is 7.59. The first-order chi connectivity index (χ1) is 11.6. The molecule has 0 aromatic carbocycles. The number of carbonyl (C=O) groups excluding carboxylic acids is 2. The van der Waals surface area contributed by atoms with Gasteiger partial charge in [-0.3, -0.25) is 9.69 Å². The van der Waals surface area contributed by atoms with Crippen molar-refractivity contribution < 1.29 is 23.8 Å². The Labute approximate surface area is 157 Å². The molecule has 1 saturated heterocycles. The zero-order chi connectivity index (χ0) is 20.5. The van der Waals surface area contributed by atoms with Crippen LogP contribution in [-0.2, 0) is 19.0 Å². The zero-order valence-electron chi connectivity index (χ0n) is 17.9. The van der Waals surface area contributed by atoms with Crippen LogP contribution < -0.4 is 0 Å². The van der Waals surface area contributed by atoms with Gasteiger partial charge in [0.25, 0.3) is 0 Å². The number of hydrogen-bond acceptors (Lipinski definition) is 5. The van der Waals surface area contributed by atoms with Gasteiger partial charge >= 0.3 is 12.1 Å². The van der Waals surface area contributed by atoms with E-state index in [1.165, 1.54) is 7.11 Å². The molecule has 0 unspecified atom stereocenters.